The summed E-state index contributed by atoms with van der Waals surface area (Å²) in [5.74, 6) is 1.41. The summed E-state index contributed by atoms with van der Waals surface area (Å²) in [6, 6.07) is 3.84. The van der Waals surface area contributed by atoms with Crippen LogP contribution in [0.25, 0.3) is 11.6 Å². The summed E-state index contributed by atoms with van der Waals surface area (Å²) in [6.45, 7) is 5.90. The Bertz CT molecular complexity index is 479. The molecule has 0 amide bonds. The second-order valence-electron chi connectivity index (χ2n) is 3.98. The zero-order valence-electron chi connectivity index (χ0n) is 10.2. The summed E-state index contributed by atoms with van der Waals surface area (Å²) in [6.07, 6.45) is 4.55. The molecule has 0 saturated heterocycles. The van der Waals surface area contributed by atoms with Crippen LogP contribution >= 0.6 is 0 Å². The number of aromatic nitrogens is 2. The van der Waals surface area contributed by atoms with Crippen LogP contribution in [-0.2, 0) is 6.54 Å². The van der Waals surface area contributed by atoms with Crippen LogP contribution in [-0.4, -0.2) is 16.5 Å². The molecule has 0 saturated carbocycles. The van der Waals surface area contributed by atoms with E-state index in [1.807, 2.05) is 19.1 Å². The van der Waals surface area contributed by atoms with Gasteiger partial charge in [-0.05, 0) is 37.6 Å². The van der Waals surface area contributed by atoms with E-state index in [0.29, 0.717) is 5.82 Å². The summed E-state index contributed by atoms with van der Waals surface area (Å²) in [7, 11) is 0. The number of rotatable bonds is 5. The highest BCUT2D eigenvalue weighted by molar-refractivity contribution is 5.51. The van der Waals surface area contributed by atoms with Gasteiger partial charge in [0.25, 0.3) is 0 Å². The molecule has 90 valence electrons. The molecular weight excluding hydrogens is 214 g/mol. The minimum atomic E-state index is 0.656. The molecule has 0 aliphatic rings. The van der Waals surface area contributed by atoms with Gasteiger partial charge >= 0.3 is 0 Å². The summed E-state index contributed by atoms with van der Waals surface area (Å²) in [5.41, 5.74) is 2.04. The largest absolute Gasteiger partial charge is 0.461 e. The Hall–Kier alpha value is -1.68. The quantitative estimate of drug-likeness (QED) is 0.803. The molecule has 0 fully saturated rings. The maximum absolute atomic E-state index is 5.39. The van der Waals surface area contributed by atoms with Crippen LogP contribution in [0.15, 0.2) is 29.0 Å². The number of nitrogens with one attached hydrogen (secondary N) is 1. The highest BCUT2D eigenvalue weighted by Gasteiger charge is 2.08. The van der Waals surface area contributed by atoms with Crippen molar-refractivity contribution in [2.45, 2.75) is 26.8 Å². The van der Waals surface area contributed by atoms with Gasteiger partial charge in [-0.25, -0.2) is 9.97 Å². The lowest BCUT2D eigenvalue weighted by atomic mass is 10.2. The molecule has 0 bridgehead atoms. The molecule has 0 atom stereocenters. The van der Waals surface area contributed by atoms with Crippen LogP contribution < -0.4 is 5.32 Å². The van der Waals surface area contributed by atoms with Crippen LogP contribution in [0.3, 0.4) is 0 Å². The van der Waals surface area contributed by atoms with Gasteiger partial charge in [-0.1, -0.05) is 6.92 Å². The van der Waals surface area contributed by atoms with Crippen molar-refractivity contribution in [2.24, 2.45) is 0 Å². The molecule has 0 aliphatic carbocycles. The zero-order valence-corrected chi connectivity index (χ0v) is 10.2. The zero-order chi connectivity index (χ0) is 12.1. The first-order valence-corrected chi connectivity index (χ1v) is 5.88. The van der Waals surface area contributed by atoms with Crippen molar-refractivity contribution in [1.82, 2.24) is 15.3 Å². The van der Waals surface area contributed by atoms with Gasteiger partial charge in [-0.3, -0.25) is 0 Å². The average Bonchev–Trinajstić information content (AvgIpc) is 2.76. The van der Waals surface area contributed by atoms with Crippen LogP contribution in [0.5, 0.6) is 0 Å². The molecule has 2 aromatic rings. The van der Waals surface area contributed by atoms with Gasteiger partial charge in [0.15, 0.2) is 11.6 Å². The van der Waals surface area contributed by atoms with Crippen LogP contribution in [0.1, 0.15) is 24.6 Å². The molecule has 0 aromatic carbocycles. The third-order valence-corrected chi connectivity index (χ3v) is 2.51. The molecule has 1 N–H and O–H groups in total. The van der Waals surface area contributed by atoms with E-state index in [4.69, 9.17) is 4.42 Å². The van der Waals surface area contributed by atoms with E-state index in [9.17, 15) is 0 Å². The Morgan fingerprint density at radius 3 is 2.94 bits per heavy atom. The molecule has 0 radical (unpaired) electrons. The fourth-order valence-electron chi connectivity index (χ4n) is 1.60. The van der Waals surface area contributed by atoms with Gasteiger partial charge in [0, 0.05) is 12.7 Å². The predicted molar refractivity (Wildman–Crippen MR) is 66.5 cm³/mol. The van der Waals surface area contributed by atoms with Gasteiger partial charge < -0.3 is 9.73 Å². The topological polar surface area (TPSA) is 51.0 Å². The number of nitrogens with zero attached hydrogens (tertiary/aromatic N) is 2. The van der Waals surface area contributed by atoms with E-state index < -0.39 is 0 Å². The van der Waals surface area contributed by atoms with Crippen LogP contribution in [0.4, 0.5) is 0 Å². The normalized spacial score (nSPS) is 10.7. The molecule has 2 heterocycles. The van der Waals surface area contributed by atoms with Crippen LogP contribution in [0.2, 0.25) is 0 Å². The highest BCUT2D eigenvalue weighted by Crippen LogP contribution is 2.20. The predicted octanol–water partition coefficient (Wildman–Crippen LogP) is 2.54. The average molecular weight is 231 g/mol. The third-order valence-electron chi connectivity index (χ3n) is 2.51. The number of aryl methyl sites for hydroxylation is 1. The molecule has 0 spiro atoms. The SMILES string of the molecule is CCCNCc1ccnc(-c2occc2C)n1. The van der Waals surface area contributed by atoms with Crippen molar-refractivity contribution < 1.29 is 4.42 Å². The molecule has 4 nitrogen and oxygen atoms in total. The minimum absolute atomic E-state index is 0.656. The molecule has 4 heteroatoms. The molecule has 2 rings (SSSR count). The molecular formula is C13H17N3O. The Balaban J connectivity index is 2.14. The highest BCUT2D eigenvalue weighted by atomic mass is 16.3. The summed E-state index contributed by atoms with van der Waals surface area (Å²) in [4.78, 5) is 8.72. The smallest absolute Gasteiger partial charge is 0.196 e. The van der Waals surface area contributed by atoms with Gasteiger partial charge in [0.1, 0.15) is 0 Å². The molecule has 0 aliphatic heterocycles. The number of hydrogen-bond donors (Lipinski definition) is 1. The van der Waals surface area contributed by atoms with E-state index in [-0.39, 0.29) is 0 Å². The van der Waals surface area contributed by atoms with Crippen molar-refractivity contribution in [1.29, 1.82) is 0 Å². The fourth-order valence-corrected chi connectivity index (χ4v) is 1.60. The maximum atomic E-state index is 5.39. The van der Waals surface area contributed by atoms with Crippen molar-refractivity contribution >= 4 is 0 Å². The maximum Gasteiger partial charge on any atom is 0.196 e. The second-order valence-corrected chi connectivity index (χ2v) is 3.98. The van der Waals surface area contributed by atoms with Crippen molar-refractivity contribution in [2.75, 3.05) is 6.54 Å². The standard InChI is InChI=1S/C13H17N3O/c1-3-6-14-9-11-4-7-15-13(16-11)12-10(2)5-8-17-12/h4-5,7-8,14H,3,6,9H2,1-2H3. The Morgan fingerprint density at radius 1 is 1.35 bits per heavy atom. The first-order valence-electron chi connectivity index (χ1n) is 5.88. The summed E-state index contributed by atoms with van der Waals surface area (Å²) >= 11 is 0. The van der Waals surface area contributed by atoms with E-state index in [0.717, 1.165) is 36.5 Å². The molecule has 17 heavy (non-hydrogen) atoms. The van der Waals surface area contributed by atoms with Gasteiger partial charge in [-0.15, -0.1) is 0 Å². The molecule has 0 unspecified atom stereocenters. The monoisotopic (exact) mass is 231 g/mol. The Labute approximate surface area is 101 Å². The van der Waals surface area contributed by atoms with Gasteiger partial charge in [0.05, 0.1) is 12.0 Å². The first kappa shape index (κ1) is 11.8. The lowest BCUT2D eigenvalue weighted by Gasteiger charge is -2.04. The van der Waals surface area contributed by atoms with E-state index in [1.54, 1.807) is 12.5 Å². The Morgan fingerprint density at radius 2 is 2.24 bits per heavy atom. The van der Waals surface area contributed by atoms with E-state index >= 15 is 0 Å². The second kappa shape index (κ2) is 5.59. The third kappa shape index (κ3) is 2.91. The minimum Gasteiger partial charge on any atom is -0.461 e. The van der Waals surface area contributed by atoms with Gasteiger partial charge in [0.2, 0.25) is 0 Å². The van der Waals surface area contributed by atoms with E-state index in [1.165, 1.54) is 0 Å². The lowest BCUT2D eigenvalue weighted by Crippen LogP contribution is -2.15. The summed E-state index contributed by atoms with van der Waals surface area (Å²) < 4.78 is 5.39. The van der Waals surface area contributed by atoms with Crippen molar-refractivity contribution in [3.63, 3.8) is 0 Å². The van der Waals surface area contributed by atoms with Crippen LogP contribution in [0, 0.1) is 6.92 Å². The lowest BCUT2D eigenvalue weighted by molar-refractivity contribution is 0.574. The number of furan rings is 1. The van der Waals surface area contributed by atoms with Gasteiger partial charge in [-0.2, -0.15) is 0 Å². The first-order chi connectivity index (χ1) is 8.31. The number of hydrogen-bond acceptors (Lipinski definition) is 4. The Kier molecular flexibility index (Phi) is 3.88. The van der Waals surface area contributed by atoms with Crippen molar-refractivity contribution in [3.8, 4) is 11.6 Å². The molecule has 2 aromatic heterocycles. The fraction of sp³-hybridized carbons (Fsp3) is 0.385. The van der Waals surface area contributed by atoms with Crippen molar-refractivity contribution in [3.05, 3.63) is 35.9 Å². The summed E-state index contributed by atoms with van der Waals surface area (Å²) in [5, 5.41) is 3.32. The van der Waals surface area contributed by atoms with E-state index in [2.05, 4.69) is 22.2 Å².